The lowest BCUT2D eigenvalue weighted by Crippen LogP contribution is -2.04. The van der Waals surface area contributed by atoms with Gasteiger partial charge in [-0.2, -0.15) is 0 Å². The molecule has 74 valence electrons. The van der Waals surface area contributed by atoms with Crippen molar-refractivity contribution in [3.05, 3.63) is 23.8 Å². The van der Waals surface area contributed by atoms with Gasteiger partial charge in [0.2, 0.25) is 0 Å². The quantitative estimate of drug-likeness (QED) is 0.686. The zero-order valence-electron chi connectivity index (χ0n) is 7.17. The van der Waals surface area contributed by atoms with Crippen molar-refractivity contribution in [2.24, 2.45) is 0 Å². The lowest BCUT2D eigenvalue weighted by atomic mass is 10.0. The summed E-state index contributed by atoms with van der Waals surface area (Å²) in [5, 5.41) is 9.44. The van der Waals surface area contributed by atoms with Crippen molar-refractivity contribution in [1.82, 2.24) is 0 Å². The van der Waals surface area contributed by atoms with Gasteiger partial charge in [-0.1, -0.05) is 6.07 Å². The predicted molar refractivity (Wildman–Crippen MR) is 49.0 cm³/mol. The molecule has 1 aliphatic rings. The van der Waals surface area contributed by atoms with Crippen molar-refractivity contribution in [2.45, 2.75) is 10.8 Å². The molecule has 1 aromatic carbocycles. The second kappa shape index (κ2) is 2.81. The summed E-state index contributed by atoms with van der Waals surface area (Å²) in [5.74, 6) is -1.08. The molecule has 1 heterocycles. The maximum Gasteiger partial charge on any atom is 0.179 e. The Morgan fingerprint density at radius 3 is 2.79 bits per heavy atom. The first-order valence-electron chi connectivity index (χ1n) is 4.06. The van der Waals surface area contributed by atoms with Crippen LogP contribution in [-0.4, -0.2) is 25.6 Å². The second-order valence-electron chi connectivity index (χ2n) is 3.21. The minimum absolute atomic E-state index is 0.0783. The first kappa shape index (κ1) is 9.21. The normalized spacial score (nSPS) is 23.0. The Bertz CT molecular complexity index is 490. The average Bonchev–Trinajstić information content (AvgIpc) is 2.40. The SMILES string of the molecule is O=CC1CS(=O)(=O)c2cccc(O)c21. The van der Waals surface area contributed by atoms with E-state index in [1.54, 1.807) is 0 Å². The molecule has 1 aliphatic heterocycles. The maximum absolute atomic E-state index is 11.5. The summed E-state index contributed by atoms with van der Waals surface area (Å²) >= 11 is 0. The van der Waals surface area contributed by atoms with Gasteiger partial charge in [-0.15, -0.1) is 0 Å². The Hall–Kier alpha value is -1.36. The van der Waals surface area contributed by atoms with Gasteiger partial charge in [0.25, 0.3) is 0 Å². The fourth-order valence-electron chi connectivity index (χ4n) is 1.69. The van der Waals surface area contributed by atoms with E-state index in [2.05, 4.69) is 0 Å². The summed E-state index contributed by atoms with van der Waals surface area (Å²) in [6, 6.07) is 4.25. The average molecular weight is 212 g/mol. The van der Waals surface area contributed by atoms with Crippen LogP contribution in [-0.2, 0) is 14.6 Å². The standard InChI is InChI=1S/C9H8O4S/c10-4-6-5-14(12,13)8-3-1-2-7(11)9(6)8/h1-4,6,11H,5H2. The number of carbonyl (C=O) groups is 1. The van der Waals surface area contributed by atoms with E-state index in [9.17, 15) is 18.3 Å². The summed E-state index contributed by atoms with van der Waals surface area (Å²) in [5.41, 5.74) is 0.238. The summed E-state index contributed by atoms with van der Waals surface area (Å²) in [6.45, 7) is 0. The van der Waals surface area contributed by atoms with Gasteiger partial charge in [0, 0.05) is 5.56 Å². The van der Waals surface area contributed by atoms with Crippen LogP contribution in [0.15, 0.2) is 23.1 Å². The molecule has 0 saturated carbocycles. The van der Waals surface area contributed by atoms with E-state index in [0.717, 1.165) is 0 Å². The van der Waals surface area contributed by atoms with Gasteiger partial charge in [0.05, 0.1) is 16.6 Å². The van der Waals surface area contributed by atoms with Gasteiger partial charge < -0.3 is 9.90 Å². The molecule has 14 heavy (non-hydrogen) atoms. The molecule has 0 aromatic heterocycles. The molecule has 4 nitrogen and oxygen atoms in total. The van der Waals surface area contributed by atoms with Gasteiger partial charge in [-0.25, -0.2) is 8.42 Å². The smallest absolute Gasteiger partial charge is 0.179 e. The lowest BCUT2D eigenvalue weighted by molar-refractivity contribution is -0.108. The Kier molecular flexibility index (Phi) is 1.85. The summed E-state index contributed by atoms with van der Waals surface area (Å²) in [7, 11) is -3.38. The highest BCUT2D eigenvalue weighted by Gasteiger charge is 2.36. The maximum atomic E-state index is 11.5. The minimum atomic E-state index is -3.38. The van der Waals surface area contributed by atoms with E-state index >= 15 is 0 Å². The van der Waals surface area contributed by atoms with Crippen LogP contribution < -0.4 is 0 Å². The number of hydrogen-bond donors (Lipinski definition) is 1. The van der Waals surface area contributed by atoms with Gasteiger partial charge in [-0.05, 0) is 12.1 Å². The molecule has 1 atom stereocenters. The van der Waals surface area contributed by atoms with Crippen LogP contribution in [0, 0.1) is 0 Å². The highest BCUT2D eigenvalue weighted by Crippen LogP contribution is 2.38. The first-order chi connectivity index (χ1) is 6.56. The van der Waals surface area contributed by atoms with Crippen molar-refractivity contribution in [3.63, 3.8) is 0 Å². The zero-order chi connectivity index (χ0) is 10.3. The molecule has 0 saturated heterocycles. The number of aromatic hydroxyl groups is 1. The Morgan fingerprint density at radius 2 is 2.14 bits per heavy atom. The number of hydrogen-bond acceptors (Lipinski definition) is 4. The topological polar surface area (TPSA) is 71.4 Å². The van der Waals surface area contributed by atoms with E-state index in [1.807, 2.05) is 0 Å². The van der Waals surface area contributed by atoms with E-state index < -0.39 is 15.8 Å². The van der Waals surface area contributed by atoms with Crippen molar-refractivity contribution >= 4 is 16.1 Å². The number of phenolic OH excluding ortho intramolecular Hbond substituents is 1. The van der Waals surface area contributed by atoms with E-state index in [0.29, 0.717) is 6.29 Å². The van der Waals surface area contributed by atoms with Crippen LogP contribution in [0.4, 0.5) is 0 Å². The van der Waals surface area contributed by atoms with Gasteiger partial charge >= 0.3 is 0 Å². The molecular formula is C9H8O4S. The third-order valence-corrected chi connectivity index (χ3v) is 4.14. The molecule has 1 unspecified atom stereocenters. The minimum Gasteiger partial charge on any atom is -0.508 e. The largest absolute Gasteiger partial charge is 0.508 e. The Labute approximate surface area is 81.1 Å². The molecule has 5 heteroatoms. The van der Waals surface area contributed by atoms with Crippen molar-refractivity contribution < 1.29 is 18.3 Å². The molecule has 0 spiro atoms. The van der Waals surface area contributed by atoms with Gasteiger partial charge in [0.1, 0.15) is 12.0 Å². The molecule has 0 amide bonds. The zero-order valence-corrected chi connectivity index (χ0v) is 7.99. The lowest BCUT2D eigenvalue weighted by Gasteiger charge is -2.02. The Balaban J connectivity index is 2.77. The molecule has 0 radical (unpaired) electrons. The van der Waals surface area contributed by atoms with Crippen LogP contribution in [0.5, 0.6) is 5.75 Å². The van der Waals surface area contributed by atoms with Crippen LogP contribution in [0.1, 0.15) is 11.5 Å². The molecule has 0 fully saturated rings. The van der Waals surface area contributed by atoms with Crippen LogP contribution in [0.25, 0.3) is 0 Å². The number of carbonyl (C=O) groups excluding carboxylic acids is 1. The molecule has 0 aliphatic carbocycles. The summed E-state index contributed by atoms with van der Waals surface area (Å²) in [4.78, 5) is 10.7. The molecular weight excluding hydrogens is 204 g/mol. The third-order valence-electron chi connectivity index (χ3n) is 2.31. The van der Waals surface area contributed by atoms with Crippen LogP contribution in [0.2, 0.25) is 0 Å². The number of sulfone groups is 1. The molecule has 1 aromatic rings. The summed E-state index contributed by atoms with van der Waals surface area (Å²) < 4.78 is 23.0. The number of phenols is 1. The van der Waals surface area contributed by atoms with Crippen LogP contribution >= 0.6 is 0 Å². The highest BCUT2D eigenvalue weighted by atomic mass is 32.2. The monoisotopic (exact) mass is 212 g/mol. The number of benzene rings is 1. The highest BCUT2D eigenvalue weighted by molar-refractivity contribution is 7.91. The van der Waals surface area contributed by atoms with E-state index in [-0.39, 0.29) is 22.0 Å². The number of fused-ring (bicyclic) bond motifs is 1. The predicted octanol–water partition coefficient (Wildman–Crippen LogP) is 0.462. The van der Waals surface area contributed by atoms with E-state index in [1.165, 1.54) is 18.2 Å². The second-order valence-corrected chi connectivity index (χ2v) is 5.22. The fourth-order valence-corrected chi connectivity index (χ4v) is 3.47. The van der Waals surface area contributed by atoms with Crippen molar-refractivity contribution in [2.75, 3.05) is 5.75 Å². The summed E-state index contributed by atoms with van der Waals surface area (Å²) in [6.07, 6.45) is 0.559. The van der Waals surface area contributed by atoms with Gasteiger partial charge in [0.15, 0.2) is 9.84 Å². The van der Waals surface area contributed by atoms with Crippen LogP contribution in [0.3, 0.4) is 0 Å². The van der Waals surface area contributed by atoms with Crippen molar-refractivity contribution in [3.8, 4) is 5.75 Å². The van der Waals surface area contributed by atoms with Crippen molar-refractivity contribution in [1.29, 1.82) is 0 Å². The van der Waals surface area contributed by atoms with Gasteiger partial charge in [-0.3, -0.25) is 0 Å². The molecule has 1 N–H and O–H groups in total. The van der Waals surface area contributed by atoms with E-state index in [4.69, 9.17) is 0 Å². The molecule has 0 bridgehead atoms. The Morgan fingerprint density at radius 1 is 1.43 bits per heavy atom. The number of rotatable bonds is 1. The third kappa shape index (κ3) is 1.13. The number of aldehydes is 1. The fraction of sp³-hybridized carbons (Fsp3) is 0.222. The molecule has 2 rings (SSSR count). The first-order valence-corrected chi connectivity index (χ1v) is 5.71.